The van der Waals surface area contributed by atoms with Crippen LogP contribution in [0.15, 0.2) is 42.7 Å². The van der Waals surface area contributed by atoms with Gasteiger partial charge in [0.25, 0.3) is 0 Å². The number of carbonyl (C=O) groups is 1. The summed E-state index contributed by atoms with van der Waals surface area (Å²) in [6.07, 6.45) is 3.50. The van der Waals surface area contributed by atoms with E-state index in [0.29, 0.717) is 26.2 Å². The molecule has 0 aliphatic carbocycles. The fourth-order valence-electron chi connectivity index (χ4n) is 2.36. The Morgan fingerprint density at radius 2 is 2.04 bits per heavy atom. The van der Waals surface area contributed by atoms with Crippen LogP contribution in [0.1, 0.15) is 12.0 Å². The van der Waals surface area contributed by atoms with Gasteiger partial charge >= 0.3 is 5.69 Å². The van der Waals surface area contributed by atoms with Crippen LogP contribution in [-0.4, -0.2) is 45.1 Å². The van der Waals surface area contributed by atoms with E-state index >= 15 is 0 Å². The maximum absolute atomic E-state index is 12.4. The van der Waals surface area contributed by atoms with Crippen LogP contribution in [0.3, 0.4) is 0 Å². The van der Waals surface area contributed by atoms with Crippen LogP contribution < -0.4 is 5.73 Å². The molecule has 128 valence electrons. The molecule has 0 bridgehead atoms. The third-order valence-electron chi connectivity index (χ3n) is 3.65. The smallest absolute Gasteiger partial charge is 0.306 e. The molecule has 24 heavy (non-hydrogen) atoms. The number of aryl methyl sites for hydroxylation is 1. The van der Waals surface area contributed by atoms with Gasteiger partial charge in [-0.1, -0.05) is 30.3 Å². The van der Waals surface area contributed by atoms with Crippen molar-refractivity contribution >= 4 is 11.6 Å². The molecule has 8 heteroatoms. The molecule has 1 heterocycles. The average Bonchev–Trinajstić information content (AvgIpc) is 3.06. The predicted molar refractivity (Wildman–Crippen MR) is 89.3 cm³/mol. The van der Waals surface area contributed by atoms with Gasteiger partial charge in [0.15, 0.2) is 0 Å². The molecule has 1 aromatic heterocycles. The highest BCUT2D eigenvalue weighted by Crippen LogP contribution is 2.09. The number of benzene rings is 1. The van der Waals surface area contributed by atoms with Crippen molar-refractivity contribution in [1.82, 2.24) is 14.7 Å². The lowest BCUT2D eigenvalue weighted by atomic mass is 10.1. The molecule has 0 spiro atoms. The summed E-state index contributed by atoms with van der Waals surface area (Å²) in [5.74, 6) is -0.0328. The number of carbonyl (C=O) groups excluding carboxylic acids is 1. The monoisotopic (exact) mass is 331 g/mol. The van der Waals surface area contributed by atoms with E-state index in [1.54, 1.807) is 4.90 Å². The number of amides is 1. The summed E-state index contributed by atoms with van der Waals surface area (Å²) < 4.78 is 1.41. The summed E-state index contributed by atoms with van der Waals surface area (Å²) in [5.41, 5.74) is 6.68. The van der Waals surface area contributed by atoms with Gasteiger partial charge in [-0.25, -0.2) is 0 Å². The van der Waals surface area contributed by atoms with E-state index in [-0.39, 0.29) is 18.0 Å². The number of nitro groups is 1. The third-order valence-corrected chi connectivity index (χ3v) is 3.65. The van der Waals surface area contributed by atoms with Crippen LogP contribution in [-0.2, 0) is 17.8 Å². The van der Waals surface area contributed by atoms with E-state index in [9.17, 15) is 14.9 Å². The van der Waals surface area contributed by atoms with Crippen molar-refractivity contribution in [2.45, 2.75) is 19.4 Å². The molecular formula is C16H21N5O3. The predicted octanol–water partition coefficient (Wildman–Crippen LogP) is 1.21. The second-order valence-electron chi connectivity index (χ2n) is 5.37. The number of nitrogens with zero attached hydrogens (tertiary/aromatic N) is 4. The molecule has 0 radical (unpaired) electrons. The fourth-order valence-corrected chi connectivity index (χ4v) is 2.36. The largest absolute Gasteiger partial charge is 0.341 e. The highest BCUT2D eigenvalue weighted by molar-refractivity contribution is 5.76. The van der Waals surface area contributed by atoms with Crippen molar-refractivity contribution in [3.05, 3.63) is 58.4 Å². The molecule has 2 rings (SSSR count). The van der Waals surface area contributed by atoms with E-state index < -0.39 is 4.92 Å². The normalized spacial score (nSPS) is 10.5. The number of aromatic nitrogens is 2. The molecule has 0 unspecified atom stereocenters. The zero-order valence-electron chi connectivity index (χ0n) is 13.4. The Bertz CT molecular complexity index is 671. The van der Waals surface area contributed by atoms with Crippen LogP contribution >= 0.6 is 0 Å². The van der Waals surface area contributed by atoms with Gasteiger partial charge in [-0.05, 0) is 12.0 Å². The van der Waals surface area contributed by atoms with E-state index in [0.717, 1.165) is 12.0 Å². The lowest BCUT2D eigenvalue weighted by Gasteiger charge is -2.22. The molecular weight excluding hydrogens is 310 g/mol. The molecule has 0 aliphatic rings. The Morgan fingerprint density at radius 3 is 2.67 bits per heavy atom. The molecule has 0 fully saturated rings. The van der Waals surface area contributed by atoms with E-state index in [4.69, 9.17) is 5.73 Å². The van der Waals surface area contributed by atoms with Gasteiger partial charge in [0.05, 0.1) is 4.92 Å². The van der Waals surface area contributed by atoms with Crippen molar-refractivity contribution in [3.8, 4) is 0 Å². The first-order chi connectivity index (χ1) is 11.6. The number of hydrogen-bond acceptors (Lipinski definition) is 5. The van der Waals surface area contributed by atoms with Gasteiger partial charge in [-0.2, -0.15) is 5.10 Å². The third kappa shape index (κ3) is 5.17. The summed E-state index contributed by atoms with van der Waals surface area (Å²) in [6.45, 7) is 1.79. The Balaban J connectivity index is 1.86. The average molecular weight is 331 g/mol. The fraction of sp³-hybridized carbons (Fsp3) is 0.375. The zero-order chi connectivity index (χ0) is 17.4. The molecule has 2 N–H and O–H groups in total. The van der Waals surface area contributed by atoms with E-state index in [1.807, 2.05) is 30.3 Å². The maximum atomic E-state index is 12.4. The Kier molecular flexibility index (Phi) is 6.44. The lowest BCUT2D eigenvalue weighted by molar-refractivity contribution is -0.385. The first-order valence-corrected chi connectivity index (χ1v) is 7.78. The molecule has 0 saturated heterocycles. The molecule has 2 aromatic rings. The molecule has 0 saturated carbocycles. The Morgan fingerprint density at radius 1 is 1.29 bits per heavy atom. The van der Waals surface area contributed by atoms with Crippen molar-refractivity contribution in [2.24, 2.45) is 5.73 Å². The zero-order valence-corrected chi connectivity index (χ0v) is 13.4. The van der Waals surface area contributed by atoms with Gasteiger partial charge in [0, 0.05) is 32.6 Å². The van der Waals surface area contributed by atoms with Crippen molar-refractivity contribution in [1.29, 1.82) is 0 Å². The van der Waals surface area contributed by atoms with Crippen LogP contribution in [0.5, 0.6) is 0 Å². The number of nitrogens with two attached hydrogens (primary N) is 1. The second kappa shape index (κ2) is 8.78. The standard InChI is InChI=1S/C16H21N5O3/c17-8-11-19(9-6-14-4-2-1-3-5-14)16(22)7-10-20-13-15(12-18-20)21(23)24/h1-5,12-13H,6-11,17H2. The number of hydrogen-bond donors (Lipinski definition) is 1. The van der Waals surface area contributed by atoms with Gasteiger partial charge in [-0.15, -0.1) is 0 Å². The summed E-state index contributed by atoms with van der Waals surface area (Å²) in [5, 5.41) is 14.5. The highest BCUT2D eigenvalue weighted by atomic mass is 16.6. The number of rotatable bonds is 9. The van der Waals surface area contributed by atoms with Crippen LogP contribution in [0, 0.1) is 10.1 Å². The van der Waals surface area contributed by atoms with Crippen molar-refractivity contribution in [2.75, 3.05) is 19.6 Å². The lowest BCUT2D eigenvalue weighted by Crippen LogP contribution is -2.37. The summed E-state index contributed by atoms with van der Waals surface area (Å²) in [4.78, 5) is 24.2. The summed E-state index contributed by atoms with van der Waals surface area (Å²) >= 11 is 0. The Labute approximate surface area is 140 Å². The minimum atomic E-state index is -0.508. The highest BCUT2D eigenvalue weighted by Gasteiger charge is 2.14. The first-order valence-electron chi connectivity index (χ1n) is 7.78. The van der Waals surface area contributed by atoms with Crippen LogP contribution in [0.25, 0.3) is 0 Å². The topological polar surface area (TPSA) is 107 Å². The van der Waals surface area contributed by atoms with Gasteiger partial charge in [-0.3, -0.25) is 19.6 Å². The van der Waals surface area contributed by atoms with E-state index in [2.05, 4.69) is 5.10 Å². The molecule has 0 aliphatic heterocycles. The molecule has 8 nitrogen and oxygen atoms in total. The minimum absolute atomic E-state index is 0.0328. The summed E-state index contributed by atoms with van der Waals surface area (Å²) in [6, 6.07) is 9.93. The van der Waals surface area contributed by atoms with Crippen LogP contribution in [0.4, 0.5) is 5.69 Å². The van der Waals surface area contributed by atoms with Crippen LogP contribution in [0.2, 0.25) is 0 Å². The van der Waals surface area contributed by atoms with Crippen molar-refractivity contribution < 1.29 is 9.72 Å². The molecule has 1 amide bonds. The second-order valence-corrected chi connectivity index (χ2v) is 5.37. The summed E-state index contributed by atoms with van der Waals surface area (Å²) in [7, 11) is 0. The molecule has 1 aromatic carbocycles. The quantitative estimate of drug-likeness (QED) is 0.549. The Hall–Kier alpha value is -2.74. The van der Waals surface area contributed by atoms with Gasteiger partial charge in [0.1, 0.15) is 12.4 Å². The minimum Gasteiger partial charge on any atom is -0.341 e. The first kappa shape index (κ1) is 17.6. The SMILES string of the molecule is NCCN(CCc1ccccc1)C(=O)CCn1cc([N+](=O)[O-])cn1. The maximum Gasteiger partial charge on any atom is 0.306 e. The van der Waals surface area contributed by atoms with Gasteiger partial charge < -0.3 is 10.6 Å². The van der Waals surface area contributed by atoms with Gasteiger partial charge in [0.2, 0.25) is 5.91 Å². The van der Waals surface area contributed by atoms with Crippen molar-refractivity contribution in [3.63, 3.8) is 0 Å². The molecule has 0 atom stereocenters. The van der Waals surface area contributed by atoms with E-state index in [1.165, 1.54) is 17.1 Å².